The van der Waals surface area contributed by atoms with Crippen molar-refractivity contribution in [3.05, 3.63) is 76.3 Å². The SMILES string of the molecule is COc1nc(-c2cccc(-c3ccnc(-c4cc(OC)c5nc(CNC6CC(C)(O)C6)nn5c4)c3Cl)c2Cl)ccc1CNC1CCN(C(C)=O)CC1. The summed E-state index contributed by atoms with van der Waals surface area (Å²) in [5.74, 6) is 1.78. The fourth-order valence-corrected chi connectivity index (χ4v) is 7.76. The number of benzene rings is 1. The number of ether oxygens (including phenoxy) is 2. The smallest absolute Gasteiger partial charge is 0.219 e. The molecule has 272 valence electrons. The standard InChI is InChI=1S/C38H42Cl2N8O4/c1-22(49)47-14-11-25(12-15-47)42-19-23-8-9-30(44-37(23)52-4)29-7-5-6-27(33(29)39)28-10-13-41-35(34(28)40)24-16-31(51-3)36-45-32(46-48(36)21-24)20-43-26-17-38(2,50)18-26/h5-10,13,16,21,25-26,42-43,50H,11-12,14-15,17-20H2,1-4H3. The Hall–Kier alpha value is -4.33. The molecule has 1 saturated carbocycles. The Balaban J connectivity index is 1.12. The number of nitrogens with zero attached hydrogens (tertiary/aromatic N) is 6. The van der Waals surface area contributed by atoms with Crippen LogP contribution in [0.25, 0.3) is 39.3 Å². The number of carbonyl (C=O) groups excluding carboxylic acids is 1. The number of carbonyl (C=O) groups is 1. The van der Waals surface area contributed by atoms with Gasteiger partial charge < -0.3 is 30.1 Å². The van der Waals surface area contributed by atoms with Crippen LogP contribution in [0.15, 0.2) is 54.9 Å². The van der Waals surface area contributed by atoms with E-state index in [1.807, 2.05) is 60.5 Å². The molecular formula is C38H42Cl2N8O4. The second-order valence-electron chi connectivity index (χ2n) is 13.8. The number of methoxy groups -OCH3 is 2. The van der Waals surface area contributed by atoms with E-state index in [1.165, 1.54) is 0 Å². The van der Waals surface area contributed by atoms with Crippen molar-refractivity contribution < 1.29 is 19.4 Å². The lowest BCUT2D eigenvalue weighted by Crippen LogP contribution is -2.51. The van der Waals surface area contributed by atoms with Crippen molar-refractivity contribution >= 4 is 34.8 Å². The molecule has 0 atom stereocenters. The highest BCUT2D eigenvalue weighted by Gasteiger charge is 2.38. The number of hydrogen-bond acceptors (Lipinski definition) is 10. The summed E-state index contributed by atoms with van der Waals surface area (Å²) < 4.78 is 13.1. The molecule has 2 aliphatic rings. The first-order valence-corrected chi connectivity index (χ1v) is 18.1. The van der Waals surface area contributed by atoms with Gasteiger partial charge in [0.2, 0.25) is 11.8 Å². The summed E-state index contributed by atoms with van der Waals surface area (Å²) in [5, 5.41) is 22.7. The lowest BCUT2D eigenvalue weighted by atomic mass is 9.77. The molecule has 2 fully saturated rings. The molecule has 0 unspecified atom stereocenters. The molecule has 0 bridgehead atoms. The van der Waals surface area contributed by atoms with E-state index >= 15 is 0 Å². The minimum Gasteiger partial charge on any atom is -0.493 e. The zero-order valence-corrected chi connectivity index (χ0v) is 31.1. The average Bonchev–Trinajstić information content (AvgIpc) is 3.55. The Morgan fingerprint density at radius 1 is 0.962 bits per heavy atom. The van der Waals surface area contributed by atoms with Gasteiger partial charge in [-0.2, -0.15) is 0 Å². The van der Waals surface area contributed by atoms with Crippen LogP contribution in [0.2, 0.25) is 10.0 Å². The third kappa shape index (κ3) is 7.44. The van der Waals surface area contributed by atoms with Gasteiger partial charge in [-0.25, -0.2) is 14.5 Å². The second-order valence-corrected chi connectivity index (χ2v) is 14.5. The van der Waals surface area contributed by atoms with E-state index in [1.54, 1.807) is 31.9 Å². The van der Waals surface area contributed by atoms with Crippen LogP contribution in [0.4, 0.5) is 0 Å². The van der Waals surface area contributed by atoms with Crippen LogP contribution in [0.3, 0.4) is 0 Å². The first-order valence-electron chi connectivity index (χ1n) is 17.4. The lowest BCUT2D eigenvalue weighted by molar-refractivity contribution is -0.129. The molecule has 1 aliphatic heterocycles. The van der Waals surface area contributed by atoms with E-state index < -0.39 is 5.60 Å². The maximum Gasteiger partial charge on any atom is 0.219 e. The number of hydrogen-bond donors (Lipinski definition) is 3. The number of nitrogens with one attached hydrogen (secondary N) is 2. The average molecular weight is 746 g/mol. The minimum atomic E-state index is -0.611. The van der Waals surface area contributed by atoms with Gasteiger partial charge in [0.05, 0.1) is 47.8 Å². The molecule has 0 spiro atoms. The van der Waals surface area contributed by atoms with Gasteiger partial charge in [0.15, 0.2) is 17.2 Å². The largest absolute Gasteiger partial charge is 0.493 e. The molecule has 3 N–H and O–H groups in total. The maximum absolute atomic E-state index is 11.7. The number of aromatic nitrogens is 5. The Labute approximate surface area is 312 Å². The first kappa shape index (κ1) is 36.0. The molecule has 5 aromatic rings. The fourth-order valence-electron chi connectivity index (χ4n) is 7.11. The Morgan fingerprint density at radius 3 is 2.40 bits per heavy atom. The summed E-state index contributed by atoms with van der Waals surface area (Å²) >= 11 is 14.2. The van der Waals surface area contributed by atoms with Gasteiger partial charge in [-0.1, -0.05) is 47.5 Å². The normalized spacial score (nSPS) is 19.1. The van der Waals surface area contributed by atoms with Crippen molar-refractivity contribution in [2.75, 3.05) is 27.3 Å². The van der Waals surface area contributed by atoms with Gasteiger partial charge in [0, 0.05) is 78.9 Å². The van der Waals surface area contributed by atoms with Gasteiger partial charge >= 0.3 is 0 Å². The number of fused-ring (bicyclic) bond motifs is 1. The van der Waals surface area contributed by atoms with Crippen molar-refractivity contribution in [3.63, 3.8) is 0 Å². The lowest BCUT2D eigenvalue weighted by Gasteiger charge is -2.41. The van der Waals surface area contributed by atoms with Crippen LogP contribution < -0.4 is 20.1 Å². The number of pyridine rings is 3. The van der Waals surface area contributed by atoms with Gasteiger partial charge in [0.25, 0.3) is 0 Å². The van der Waals surface area contributed by atoms with E-state index in [4.69, 9.17) is 37.7 Å². The van der Waals surface area contributed by atoms with Gasteiger partial charge in [-0.05, 0) is 50.8 Å². The van der Waals surface area contributed by atoms with Crippen molar-refractivity contribution in [3.8, 4) is 45.3 Å². The quantitative estimate of drug-likeness (QED) is 0.149. The molecule has 1 amide bonds. The maximum atomic E-state index is 11.7. The number of amides is 1. The van der Waals surface area contributed by atoms with Crippen LogP contribution >= 0.6 is 23.2 Å². The van der Waals surface area contributed by atoms with Crippen LogP contribution in [0, 0.1) is 0 Å². The highest BCUT2D eigenvalue weighted by molar-refractivity contribution is 6.39. The first-order chi connectivity index (χ1) is 25.0. The van der Waals surface area contributed by atoms with E-state index in [9.17, 15) is 9.90 Å². The van der Waals surface area contributed by atoms with Crippen LogP contribution in [0.1, 0.15) is 50.9 Å². The number of likely N-dealkylation sites (tertiary alicyclic amines) is 1. The number of rotatable bonds is 11. The summed E-state index contributed by atoms with van der Waals surface area (Å²) in [5.41, 5.74) is 4.98. The third-order valence-electron chi connectivity index (χ3n) is 9.97. The molecule has 1 aliphatic carbocycles. The molecule has 4 aromatic heterocycles. The van der Waals surface area contributed by atoms with Crippen molar-refractivity contribution in [1.82, 2.24) is 40.1 Å². The number of piperidine rings is 1. The molecule has 0 radical (unpaired) electrons. The van der Waals surface area contributed by atoms with Crippen molar-refractivity contribution in [1.29, 1.82) is 0 Å². The van der Waals surface area contributed by atoms with Crippen LogP contribution in [-0.4, -0.2) is 85.5 Å². The minimum absolute atomic E-state index is 0.125. The Bertz CT molecular complexity index is 2110. The summed E-state index contributed by atoms with van der Waals surface area (Å²) in [6.45, 7) is 6.05. The zero-order chi connectivity index (χ0) is 36.6. The van der Waals surface area contributed by atoms with E-state index in [0.29, 0.717) is 87.6 Å². The summed E-state index contributed by atoms with van der Waals surface area (Å²) in [6.07, 6.45) is 6.74. The predicted octanol–water partition coefficient (Wildman–Crippen LogP) is 5.95. The highest BCUT2D eigenvalue weighted by atomic mass is 35.5. The highest BCUT2D eigenvalue weighted by Crippen LogP contribution is 2.42. The molecule has 14 heteroatoms. The van der Waals surface area contributed by atoms with E-state index in [-0.39, 0.29) is 11.9 Å². The Morgan fingerprint density at radius 2 is 1.69 bits per heavy atom. The van der Waals surface area contributed by atoms with Crippen LogP contribution in [-0.2, 0) is 17.9 Å². The molecule has 5 heterocycles. The van der Waals surface area contributed by atoms with E-state index in [2.05, 4.69) is 25.7 Å². The zero-order valence-electron chi connectivity index (χ0n) is 29.6. The predicted molar refractivity (Wildman–Crippen MR) is 201 cm³/mol. The van der Waals surface area contributed by atoms with Crippen molar-refractivity contribution in [2.24, 2.45) is 0 Å². The van der Waals surface area contributed by atoms with Gasteiger partial charge in [-0.15, -0.1) is 5.10 Å². The van der Waals surface area contributed by atoms with E-state index in [0.717, 1.165) is 42.6 Å². The molecule has 7 rings (SSSR count). The summed E-state index contributed by atoms with van der Waals surface area (Å²) in [4.78, 5) is 27.7. The molecule has 1 aromatic carbocycles. The molecule has 12 nitrogen and oxygen atoms in total. The summed E-state index contributed by atoms with van der Waals surface area (Å²) in [7, 11) is 3.20. The van der Waals surface area contributed by atoms with Gasteiger partial charge in [-0.3, -0.25) is 9.78 Å². The Kier molecular flexibility index (Phi) is 10.4. The van der Waals surface area contributed by atoms with Gasteiger partial charge in [0.1, 0.15) is 0 Å². The molecule has 1 saturated heterocycles. The topological polar surface area (TPSA) is 139 Å². The second kappa shape index (κ2) is 15.0. The number of halogens is 2. The molecule has 52 heavy (non-hydrogen) atoms. The fraction of sp³-hybridized carbons (Fsp3) is 0.395. The monoisotopic (exact) mass is 744 g/mol. The van der Waals surface area contributed by atoms with Crippen molar-refractivity contribution in [2.45, 2.75) is 70.3 Å². The summed E-state index contributed by atoms with van der Waals surface area (Å²) in [6, 6.07) is 14.0. The number of aliphatic hydroxyl groups is 1. The molecular weight excluding hydrogens is 703 g/mol. The third-order valence-corrected chi connectivity index (χ3v) is 10.8. The van der Waals surface area contributed by atoms with Crippen LogP contribution in [0.5, 0.6) is 11.6 Å².